The summed E-state index contributed by atoms with van der Waals surface area (Å²) in [6.07, 6.45) is 5.49. The summed E-state index contributed by atoms with van der Waals surface area (Å²) in [5.41, 5.74) is 1.82. The SMILES string of the molecule is O=C(NCCN1CCC(O)(Cc2ccccc2)CC1)Nc1ccnc2ncccc12. The van der Waals surface area contributed by atoms with E-state index in [1.165, 1.54) is 5.56 Å². The molecule has 0 unspecified atom stereocenters. The molecule has 0 saturated carbocycles. The normalized spacial score (nSPS) is 16.3. The topological polar surface area (TPSA) is 90.4 Å². The summed E-state index contributed by atoms with van der Waals surface area (Å²) in [6.45, 7) is 2.96. The minimum atomic E-state index is -0.640. The van der Waals surface area contributed by atoms with Gasteiger partial charge < -0.3 is 20.6 Å². The fourth-order valence-electron chi connectivity index (χ4n) is 3.93. The van der Waals surface area contributed by atoms with E-state index >= 15 is 0 Å². The third kappa shape index (κ3) is 5.11. The lowest BCUT2D eigenvalue weighted by Gasteiger charge is -2.38. The number of aromatic nitrogens is 2. The zero-order valence-electron chi connectivity index (χ0n) is 16.9. The Labute approximate surface area is 176 Å². The molecule has 2 amide bonds. The minimum Gasteiger partial charge on any atom is -0.389 e. The molecule has 0 radical (unpaired) electrons. The van der Waals surface area contributed by atoms with Gasteiger partial charge in [-0.15, -0.1) is 0 Å². The second-order valence-corrected chi connectivity index (χ2v) is 7.84. The van der Waals surface area contributed by atoms with Crippen LogP contribution in [-0.4, -0.2) is 57.8 Å². The van der Waals surface area contributed by atoms with E-state index in [9.17, 15) is 9.90 Å². The van der Waals surface area contributed by atoms with Gasteiger partial charge in [0.2, 0.25) is 0 Å². The van der Waals surface area contributed by atoms with E-state index in [-0.39, 0.29) is 6.03 Å². The van der Waals surface area contributed by atoms with E-state index in [2.05, 4.69) is 37.6 Å². The molecule has 1 aliphatic rings. The summed E-state index contributed by atoms with van der Waals surface area (Å²) in [5.74, 6) is 0. The highest BCUT2D eigenvalue weighted by molar-refractivity contribution is 5.98. The van der Waals surface area contributed by atoms with E-state index in [1.807, 2.05) is 30.3 Å². The van der Waals surface area contributed by atoms with Gasteiger partial charge in [0, 0.05) is 50.4 Å². The standard InChI is InChI=1S/C23H27N5O2/c29-22(27-20-8-12-25-21-19(20)7-4-11-24-21)26-13-16-28-14-9-23(30,10-15-28)17-18-5-2-1-3-6-18/h1-8,11-12,30H,9-10,13-17H2,(H2,24,25,26,27,29). The van der Waals surface area contributed by atoms with Crippen molar-refractivity contribution in [3.63, 3.8) is 0 Å². The largest absolute Gasteiger partial charge is 0.389 e. The number of likely N-dealkylation sites (tertiary alicyclic amines) is 1. The molecule has 0 bridgehead atoms. The Morgan fingerprint density at radius 2 is 1.80 bits per heavy atom. The maximum absolute atomic E-state index is 12.3. The second kappa shape index (κ2) is 9.19. The first-order valence-corrected chi connectivity index (χ1v) is 10.3. The van der Waals surface area contributed by atoms with Crippen LogP contribution in [0.1, 0.15) is 18.4 Å². The van der Waals surface area contributed by atoms with Gasteiger partial charge in [-0.2, -0.15) is 0 Å². The molecule has 1 aliphatic heterocycles. The van der Waals surface area contributed by atoms with Gasteiger partial charge in [0.25, 0.3) is 0 Å². The van der Waals surface area contributed by atoms with Crippen molar-refractivity contribution in [3.05, 3.63) is 66.5 Å². The average molecular weight is 406 g/mol. The Balaban J connectivity index is 1.21. The molecule has 0 spiro atoms. The molecule has 1 fully saturated rings. The zero-order chi connectivity index (χ0) is 20.8. The molecular formula is C23H27N5O2. The number of piperidine rings is 1. The molecule has 1 saturated heterocycles. The van der Waals surface area contributed by atoms with Gasteiger partial charge in [-0.05, 0) is 36.6 Å². The fourth-order valence-corrected chi connectivity index (χ4v) is 3.93. The zero-order valence-corrected chi connectivity index (χ0v) is 16.9. The van der Waals surface area contributed by atoms with Crippen molar-refractivity contribution in [3.8, 4) is 0 Å². The van der Waals surface area contributed by atoms with Crippen molar-refractivity contribution in [2.75, 3.05) is 31.5 Å². The summed E-state index contributed by atoms with van der Waals surface area (Å²) in [6, 6.07) is 15.4. The van der Waals surface area contributed by atoms with E-state index in [1.54, 1.807) is 18.5 Å². The van der Waals surface area contributed by atoms with E-state index in [0.717, 1.165) is 37.9 Å². The molecule has 156 valence electrons. The number of amides is 2. The maximum Gasteiger partial charge on any atom is 0.319 e. The number of nitrogens with one attached hydrogen (secondary N) is 2. The molecule has 1 aromatic carbocycles. The highest BCUT2D eigenvalue weighted by Gasteiger charge is 2.32. The lowest BCUT2D eigenvalue weighted by Crippen LogP contribution is -2.47. The number of pyridine rings is 2. The summed E-state index contributed by atoms with van der Waals surface area (Å²) in [4.78, 5) is 23.0. The number of nitrogens with zero attached hydrogens (tertiary/aromatic N) is 3. The molecule has 3 heterocycles. The van der Waals surface area contributed by atoms with Crippen molar-refractivity contribution < 1.29 is 9.90 Å². The summed E-state index contributed by atoms with van der Waals surface area (Å²) in [5, 5.41) is 17.5. The lowest BCUT2D eigenvalue weighted by molar-refractivity contribution is -0.0201. The van der Waals surface area contributed by atoms with Gasteiger partial charge in [0.05, 0.1) is 11.3 Å². The highest BCUT2D eigenvalue weighted by Crippen LogP contribution is 2.26. The van der Waals surface area contributed by atoms with Crippen LogP contribution in [-0.2, 0) is 6.42 Å². The van der Waals surface area contributed by atoms with Crippen molar-refractivity contribution in [2.24, 2.45) is 0 Å². The van der Waals surface area contributed by atoms with E-state index in [0.29, 0.717) is 24.3 Å². The molecule has 0 atom stereocenters. The number of hydrogen-bond donors (Lipinski definition) is 3. The number of benzene rings is 1. The maximum atomic E-state index is 12.3. The Morgan fingerprint density at radius 1 is 1.03 bits per heavy atom. The van der Waals surface area contributed by atoms with Crippen molar-refractivity contribution in [1.82, 2.24) is 20.2 Å². The Hall–Kier alpha value is -3.03. The van der Waals surface area contributed by atoms with Gasteiger partial charge in [-0.25, -0.2) is 14.8 Å². The number of aliphatic hydroxyl groups is 1. The molecule has 30 heavy (non-hydrogen) atoms. The minimum absolute atomic E-state index is 0.246. The quantitative estimate of drug-likeness (QED) is 0.587. The summed E-state index contributed by atoms with van der Waals surface area (Å²) < 4.78 is 0. The Morgan fingerprint density at radius 3 is 2.60 bits per heavy atom. The Bertz CT molecular complexity index is 982. The number of fused-ring (bicyclic) bond motifs is 1. The van der Waals surface area contributed by atoms with E-state index in [4.69, 9.17) is 0 Å². The van der Waals surface area contributed by atoms with Crippen LogP contribution in [0, 0.1) is 0 Å². The van der Waals surface area contributed by atoms with Crippen molar-refractivity contribution in [2.45, 2.75) is 24.9 Å². The first-order valence-electron chi connectivity index (χ1n) is 10.3. The van der Waals surface area contributed by atoms with Crippen LogP contribution in [0.2, 0.25) is 0 Å². The van der Waals surface area contributed by atoms with Gasteiger partial charge >= 0.3 is 6.03 Å². The van der Waals surface area contributed by atoms with Gasteiger partial charge in [-0.3, -0.25) is 0 Å². The second-order valence-electron chi connectivity index (χ2n) is 7.84. The van der Waals surface area contributed by atoms with Gasteiger partial charge in [0.1, 0.15) is 0 Å². The van der Waals surface area contributed by atoms with Crippen molar-refractivity contribution >= 4 is 22.8 Å². The monoisotopic (exact) mass is 405 g/mol. The third-order valence-electron chi connectivity index (χ3n) is 5.64. The number of urea groups is 1. The van der Waals surface area contributed by atoms with Crippen LogP contribution < -0.4 is 10.6 Å². The Kier molecular flexibility index (Phi) is 6.21. The van der Waals surface area contributed by atoms with Gasteiger partial charge in [0.15, 0.2) is 5.65 Å². The molecule has 2 aromatic heterocycles. The molecule has 3 N–H and O–H groups in total. The fraction of sp³-hybridized carbons (Fsp3) is 0.348. The third-order valence-corrected chi connectivity index (χ3v) is 5.64. The number of carbonyl (C=O) groups excluding carboxylic acids is 1. The van der Waals surface area contributed by atoms with Crippen LogP contribution in [0.4, 0.5) is 10.5 Å². The van der Waals surface area contributed by atoms with Crippen LogP contribution in [0.15, 0.2) is 60.9 Å². The van der Waals surface area contributed by atoms with Gasteiger partial charge in [-0.1, -0.05) is 30.3 Å². The molecule has 3 aromatic rings. The number of anilines is 1. The smallest absolute Gasteiger partial charge is 0.319 e. The summed E-state index contributed by atoms with van der Waals surface area (Å²) >= 11 is 0. The predicted octanol–water partition coefficient (Wildman–Crippen LogP) is 2.82. The van der Waals surface area contributed by atoms with E-state index < -0.39 is 5.60 Å². The van der Waals surface area contributed by atoms with Crippen LogP contribution in [0.5, 0.6) is 0 Å². The molecule has 4 rings (SSSR count). The van der Waals surface area contributed by atoms with Crippen molar-refractivity contribution in [1.29, 1.82) is 0 Å². The van der Waals surface area contributed by atoms with Crippen LogP contribution in [0.25, 0.3) is 11.0 Å². The first kappa shape index (κ1) is 20.3. The number of carbonyl (C=O) groups is 1. The predicted molar refractivity (Wildman–Crippen MR) is 117 cm³/mol. The first-order chi connectivity index (χ1) is 14.6. The number of rotatable bonds is 6. The van der Waals surface area contributed by atoms with Crippen LogP contribution >= 0.6 is 0 Å². The molecule has 7 nitrogen and oxygen atoms in total. The highest BCUT2D eigenvalue weighted by atomic mass is 16.3. The molecular weight excluding hydrogens is 378 g/mol. The molecule has 7 heteroatoms. The molecule has 0 aliphatic carbocycles. The lowest BCUT2D eigenvalue weighted by atomic mass is 9.85. The number of hydrogen-bond acceptors (Lipinski definition) is 5. The average Bonchev–Trinajstić information content (AvgIpc) is 2.76. The van der Waals surface area contributed by atoms with Crippen LogP contribution in [0.3, 0.4) is 0 Å². The summed E-state index contributed by atoms with van der Waals surface area (Å²) in [7, 11) is 0.